The maximum absolute atomic E-state index is 14.4. The number of rotatable bonds is 4. The number of nitrogens with zero attached hydrogens (tertiary/aromatic N) is 1. The zero-order chi connectivity index (χ0) is 31.4. The molecule has 3 aromatic carbocycles. The van der Waals surface area contributed by atoms with Gasteiger partial charge in [0.2, 0.25) is 11.8 Å². The van der Waals surface area contributed by atoms with Gasteiger partial charge in [0.1, 0.15) is 22.9 Å². The van der Waals surface area contributed by atoms with E-state index in [0.717, 1.165) is 15.6 Å². The number of hydrogen-bond acceptors (Lipinski definition) is 5. The number of hydrogen-bond donors (Lipinski definition) is 2. The van der Waals surface area contributed by atoms with Crippen molar-refractivity contribution in [2.75, 3.05) is 18.4 Å². The number of benzene rings is 3. The van der Waals surface area contributed by atoms with Gasteiger partial charge in [-0.25, -0.2) is 4.79 Å². The highest BCUT2D eigenvalue weighted by atomic mass is 79.9. The Morgan fingerprint density at radius 3 is 2.57 bits per heavy atom. The molecule has 2 saturated heterocycles. The molecule has 3 aliphatic heterocycles. The van der Waals surface area contributed by atoms with Gasteiger partial charge < -0.3 is 25.0 Å². The number of carbonyl (C=O) groups excluding carboxylic acids is 3. The van der Waals surface area contributed by atoms with Crippen molar-refractivity contribution in [3.05, 3.63) is 91.9 Å². The van der Waals surface area contributed by atoms with E-state index >= 15 is 0 Å². The third-order valence-electron chi connectivity index (χ3n) is 8.38. The van der Waals surface area contributed by atoms with Crippen LogP contribution in [0, 0.1) is 0 Å². The van der Waals surface area contributed by atoms with E-state index in [1.165, 1.54) is 0 Å². The van der Waals surface area contributed by atoms with E-state index in [1.54, 1.807) is 23.1 Å². The molecule has 0 saturated carbocycles. The highest BCUT2D eigenvalue weighted by molar-refractivity contribution is 9.10. The lowest BCUT2D eigenvalue weighted by Crippen LogP contribution is -2.57. The van der Waals surface area contributed by atoms with Crippen molar-refractivity contribution in [1.29, 1.82) is 0 Å². The molecular formula is C33H32BrCl2N3O5. The molecule has 0 aliphatic carbocycles. The molecular weight excluding hydrogens is 669 g/mol. The molecule has 3 heterocycles. The number of piperidine rings is 1. The Hall–Kier alpha value is -3.27. The van der Waals surface area contributed by atoms with Gasteiger partial charge in [0.25, 0.3) is 0 Å². The van der Waals surface area contributed by atoms with Gasteiger partial charge in [0, 0.05) is 51.1 Å². The van der Waals surface area contributed by atoms with Crippen LogP contribution in [0.1, 0.15) is 62.3 Å². The van der Waals surface area contributed by atoms with Crippen LogP contribution in [-0.2, 0) is 19.7 Å². The first kappa shape index (κ1) is 30.7. The van der Waals surface area contributed by atoms with Gasteiger partial charge in [-0.1, -0.05) is 57.3 Å². The molecule has 0 bridgehead atoms. The fraction of sp³-hybridized carbons (Fsp3) is 0.364. The highest BCUT2D eigenvalue weighted by Crippen LogP contribution is 2.58. The summed E-state index contributed by atoms with van der Waals surface area (Å²) in [6.07, 6.45) is -0.0290. The summed E-state index contributed by atoms with van der Waals surface area (Å²) in [7, 11) is 0. The van der Waals surface area contributed by atoms with Crippen molar-refractivity contribution < 1.29 is 23.9 Å². The fourth-order valence-corrected chi connectivity index (χ4v) is 7.37. The van der Waals surface area contributed by atoms with Crippen molar-refractivity contribution in [3.8, 4) is 5.75 Å². The highest BCUT2D eigenvalue weighted by Gasteiger charge is 2.61. The number of likely N-dealkylation sites (tertiary alicyclic amines) is 1. The molecule has 2 N–H and O–H groups in total. The normalized spacial score (nSPS) is 24.6. The molecule has 3 amide bonds. The van der Waals surface area contributed by atoms with Crippen molar-refractivity contribution in [1.82, 2.24) is 10.2 Å². The minimum atomic E-state index is -1.25. The second kappa shape index (κ2) is 11.6. The Balaban J connectivity index is 1.44. The topological polar surface area (TPSA) is 97.0 Å². The number of ether oxygens (including phenoxy) is 2. The van der Waals surface area contributed by atoms with E-state index in [2.05, 4.69) is 26.6 Å². The van der Waals surface area contributed by atoms with Crippen LogP contribution in [0.15, 0.2) is 65.1 Å². The van der Waals surface area contributed by atoms with E-state index in [4.69, 9.17) is 32.7 Å². The monoisotopic (exact) mass is 699 g/mol. The first-order chi connectivity index (χ1) is 20.8. The molecule has 1 unspecified atom stereocenters. The Morgan fingerprint density at radius 1 is 1.05 bits per heavy atom. The number of anilines is 1. The second-order valence-electron chi connectivity index (χ2n) is 12.5. The molecule has 44 heavy (non-hydrogen) atoms. The van der Waals surface area contributed by atoms with Crippen molar-refractivity contribution in [2.45, 2.75) is 62.7 Å². The molecule has 4 atom stereocenters. The summed E-state index contributed by atoms with van der Waals surface area (Å²) >= 11 is 16.4. The van der Waals surface area contributed by atoms with Gasteiger partial charge in [-0.2, -0.15) is 0 Å². The minimum Gasteiger partial charge on any atom is -0.488 e. The summed E-state index contributed by atoms with van der Waals surface area (Å²) in [4.78, 5) is 42.3. The minimum absolute atomic E-state index is 0.0734. The van der Waals surface area contributed by atoms with Crippen molar-refractivity contribution in [2.24, 2.45) is 0 Å². The molecule has 11 heteroatoms. The quantitative estimate of drug-likeness (QED) is 0.296. The van der Waals surface area contributed by atoms with E-state index < -0.39 is 23.0 Å². The molecule has 0 aromatic heterocycles. The van der Waals surface area contributed by atoms with Crippen LogP contribution in [0.2, 0.25) is 10.0 Å². The van der Waals surface area contributed by atoms with Crippen LogP contribution >= 0.6 is 39.1 Å². The molecule has 230 valence electrons. The number of carbonyl (C=O) groups is 3. The van der Waals surface area contributed by atoms with Crippen LogP contribution in [0.25, 0.3) is 0 Å². The molecule has 6 rings (SSSR count). The zero-order valence-corrected chi connectivity index (χ0v) is 27.6. The van der Waals surface area contributed by atoms with E-state index in [9.17, 15) is 14.4 Å². The maximum Gasteiger partial charge on any atom is 0.410 e. The molecule has 8 nitrogen and oxygen atoms in total. The van der Waals surface area contributed by atoms with E-state index in [0.29, 0.717) is 46.6 Å². The smallest absolute Gasteiger partial charge is 0.410 e. The molecule has 3 aromatic rings. The van der Waals surface area contributed by atoms with Crippen molar-refractivity contribution in [3.63, 3.8) is 0 Å². The summed E-state index contributed by atoms with van der Waals surface area (Å²) in [5.74, 6) is -0.504. The standard InChI is InChI=1S/C33H32BrCl2N3O5/c1-32(2,3)44-31(42)39-12-11-22(17-39)43-27-10-7-19(34)14-23(27)29-33(24-9-8-21(36)15-26(24)37-30(33)41)25(16-28(40)38-29)18-5-4-6-20(35)13-18/h4-10,13-15,22,25,29H,11-12,16-17H2,1-3H3,(H,37,41)(H,38,40)/t22?,25-,29+,33-/m0/s1. The Labute approximate surface area is 274 Å². The Morgan fingerprint density at radius 2 is 1.82 bits per heavy atom. The SMILES string of the molecule is CC(C)(C)OC(=O)N1CCC(Oc2ccc(Br)cc2[C@H]2NC(=O)C[C@@H](c3cccc(Cl)c3)[C@]23C(=O)Nc2cc(Cl)ccc23)C1. The number of amides is 3. The van der Waals surface area contributed by atoms with Gasteiger partial charge in [0.05, 0.1) is 12.6 Å². The molecule has 0 radical (unpaired) electrons. The predicted molar refractivity (Wildman–Crippen MR) is 172 cm³/mol. The predicted octanol–water partition coefficient (Wildman–Crippen LogP) is 7.38. The molecule has 3 aliphatic rings. The van der Waals surface area contributed by atoms with E-state index in [1.807, 2.05) is 63.2 Å². The molecule has 2 fully saturated rings. The van der Waals surface area contributed by atoms with Gasteiger partial charge in [-0.3, -0.25) is 9.59 Å². The summed E-state index contributed by atoms with van der Waals surface area (Å²) < 4.78 is 12.9. The van der Waals surface area contributed by atoms with Crippen molar-refractivity contribution >= 4 is 62.7 Å². The van der Waals surface area contributed by atoms with Crippen LogP contribution in [0.4, 0.5) is 10.5 Å². The number of fused-ring (bicyclic) bond motifs is 2. The summed E-state index contributed by atoms with van der Waals surface area (Å²) in [5, 5.41) is 7.21. The van der Waals surface area contributed by atoms with Gasteiger partial charge in [-0.05, 0) is 74.4 Å². The van der Waals surface area contributed by atoms with Crippen LogP contribution in [0.5, 0.6) is 5.75 Å². The molecule has 1 spiro atoms. The lowest BCUT2D eigenvalue weighted by atomic mass is 9.59. The largest absolute Gasteiger partial charge is 0.488 e. The second-order valence-corrected chi connectivity index (χ2v) is 14.3. The first-order valence-electron chi connectivity index (χ1n) is 14.5. The van der Waals surface area contributed by atoms with Crippen LogP contribution in [-0.4, -0.2) is 47.6 Å². The summed E-state index contributed by atoms with van der Waals surface area (Å²) in [5.41, 5.74) is 0.867. The third kappa shape index (κ3) is 5.66. The lowest BCUT2D eigenvalue weighted by Gasteiger charge is -2.46. The third-order valence-corrected chi connectivity index (χ3v) is 9.34. The maximum atomic E-state index is 14.4. The summed E-state index contributed by atoms with van der Waals surface area (Å²) in [6, 6.07) is 17.4. The van der Waals surface area contributed by atoms with Crippen LogP contribution in [0.3, 0.4) is 0 Å². The van der Waals surface area contributed by atoms with Gasteiger partial charge in [-0.15, -0.1) is 0 Å². The van der Waals surface area contributed by atoms with Crippen LogP contribution < -0.4 is 15.4 Å². The lowest BCUT2D eigenvalue weighted by molar-refractivity contribution is -0.131. The Kier molecular flexibility index (Phi) is 8.09. The van der Waals surface area contributed by atoms with Gasteiger partial charge >= 0.3 is 6.09 Å². The Bertz CT molecular complexity index is 1660. The zero-order valence-electron chi connectivity index (χ0n) is 24.5. The van der Waals surface area contributed by atoms with E-state index in [-0.39, 0.29) is 30.4 Å². The fourth-order valence-electron chi connectivity index (χ4n) is 6.62. The summed E-state index contributed by atoms with van der Waals surface area (Å²) in [6.45, 7) is 6.33. The average Bonchev–Trinajstić information content (AvgIpc) is 3.52. The number of halogens is 3. The van der Waals surface area contributed by atoms with Gasteiger partial charge in [0.15, 0.2) is 0 Å². The number of nitrogens with one attached hydrogen (secondary N) is 2. The average molecular weight is 701 g/mol. The first-order valence-corrected chi connectivity index (χ1v) is 16.0.